The standard InChI is InChI=1S/C27H28N6O3/c1-17-25(34)33-24-15-22(21(14-23(24)32-17)29-13-10-27(2,3)36)30-16-31-26(35)20-6-4-18(5-7-20)19-8-11-28-12-9-19/h4-9,11-12,14-16,29,36H,10,13H2,1-3H3,(H,33,34)(H,30,31,35). The van der Waals surface area contributed by atoms with E-state index in [0.717, 1.165) is 11.1 Å². The van der Waals surface area contributed by atoms with Gasteiger partial charge in [-0.3, -0.25) is 14.6 Å². The average molecular weight is 485 g/mol. The molecule has 0 unspecified atom stereocenters. The summed E-state index contributed by atoms with van der Waals surface area (Å²) in [6, 6.07) is 14.5. The van der Waals surface area contributed by atoms with Crippen molar-refractivity contribution in [2.45, 2.75) is 32.8 Å². The number of H-pyrrole nitrogens is 1. The number of carbonyl (C=O) groups is 1. The van der Waals surface area contributed by atoms with Crippen molar-refractivity contribution >= 4 is 34.7 Å². The number of carbonyl (C=O) groups excluding carboxylic acids is 1. The van der Waals surface area contributed by atoms with E-state index in [2.05, 4.69) is 30.6 Å². The van der Waals surface area contributed by atoms with Gasteiger partial charge in [-0.25, -0.2) is 9.98 Å². The van der Waals surface area contributed by atoms with E-state index in [1.54, 1.807) is 57.4 Å². The lowest BCUT2D eigenvalue weighted by atomic mass is 10.1. The summed E-state index contributed by atoms with van der Waals surface area (Å²) >= 11 is 0. The number of aryl methyl sites for hydroxylation is 1. The van der Waals surface area contributed by atoms with E-state index < -0.39 is 5.60 Å². The van der Waals surface area contributed by atoms with Crippen molar-refractivity contribution in [3.63, 3.8) is 0 Å². The van der Waals surface area contributed by atoms with E-state index in [9.17, 15) is 14.7 Å². The molecule has 0 saturated carbocycles. The van der Waals surface area contributed by atoms with Crippen LogP contribution in [0.1, 0.15) is 36.3 Å². The smallest absolute Gasteiger partial charge is 0.269 e. The molecular formula is C27H28N6O3. The Morgan fingerprint density at radius 1 is 1.11 bits per heavy atom. The Balaban J connectivity index is 1.52. The van der Waals surface area contributed by atoms with E-state index in [1.807, 2.05) is 24.3 Å². The molecule has 2 aromatic carbocycles. The van der Waals surface area contributed by atoms with Gasteiger partial charge in [0, 0.05) is 24.5 Å². The van der Waals surface area contributed by atoms with Crippen LogP contribution in [0.4, 0.5) is 11.4 Å². The molecule has 4 rings (SSSR count). The summed E-state index contributed by atoms with van der Waals surface area (Å²) in [7, 11) is 0. The summed E-state index contributed by atoms with van der Waals surface area (Å²) in [4.78, 5) is 40.2. The van der Waals surface area contributed by atoms with E-state index in [1.165, 1.54) is 6.34 Å². The number of pyridine rings is 1. The Kier molecular flexibility index (Phi) is 7.21. The highest BCUT2D eigenvalue weighted by molar-refractivity contribution is 6.01. The number of aromatic amines is 1. The molecule has 184 valence electrons. The van der Waals surface area contributed by atoms with Crippen molar-refractivity contribution in [3.05, 3.63) is 82.5 Å². The van der Waals surface area contributed by atoms with Gasteiger partial charge >= 0.3 is 0 Å². The zero-order chi connectivity index (χ0) is 25.7. The van der Waals surface area contributed by atoms with Crippen molar-refractivity contribution in [1.29, 1.82) is 0 Å². The zero-order valence-electron chi connectivity index (χ0n) is 20.4. The highest BCUT2D eigenvalue weighted by atomic mass is 16.3. The van der Waals surface area contributed by atoms with Gasteiger partial charge in [0.05, 0.1) is 34.3 Å². The summed E-state index contributed by atoms with van der Waals surface area (Å²) < 4.78 is 0. The molecular weight excluding hydrogens is 456 g/mol. The molecule has 0 spiro atoms. The number of aliphatic hydroxyl groups is 1. The minimum Gasteiger partial charge on any atom is -0.390 e. The number of hydrogen-bond acceptors (Lipinski definition) is 7. The molecule has 2 heterocycles. The Hall–Kier alpha value is -4.37. The van der Waals surface area contributed by atoms with Gasteiger partial charge in [0.25, 0.3) is 11.5 Å². The van der Waals surface area contributed by atoms with Gasteiger partial charge in [0.1, 0.15) is 5.69 Å². The van der Waals surface area contributed by atoms with Crippen LogP contribution in [-0.2, 0) is 0 Å². The number of nitrogens with one attached hydrogen (secondary N) is 3. The fourth-order valence-electron chi connectivity index (χ4n) is 3.57. The minimum absolute atomic E-state index is 0.274. The molecule has 2 aromatic heterocycles. The summed E-state index contributed by atoms with van der Waals surface area (Å²) in [5.41, 5.74) is 4.07. The Morgan fingerprint density at radius 3 is 2.50 bits per heavy atom. The molecule has 0 aliphatic carbocycles. The maximum atomic E-state index is 12.6. The quantitative estimate of drug-likeness (QED) is 0.221. The van der Waals surface area contributed by atoms with Crippen molar-refractivity contribution in [1.82, 2.24) is 20.3 Å². The number of fused-ring (bicyclic) bond motifs is 1. The van der Waals surface area contributed by atoms with E-state index in [4.69, 9.17) is 0 Å². The molecule has 9 nitrogen and oxygen atoms in total. The van der Waals surface area contributed by atoms with Crippen molar-refractivity contribution < 1.29 is 9.90 Å². The number of nitrogens with zero attached hydrogens (tertiary/aromatic N) is 3. The zero-order valence-corrected chi connectivity index (χ0v) is 20.4. The second-order valence-electron chi connectivity index (χ2n) is 9.07. The molecule has 1 amide bonds. The topological polar surface area (TPSA) is 132 Å². The van der Waals surface area contributed by atoms with Gasteiger partial charge in [0.2, 0.25) is 0 Å². The highest BCUT2D eigenvalue weighted by Gasteiger charge is 2.13. The Labute approximate surface area is 208 Å². The first-order chi connectivity index (χ1) is 17.2. The van der Waals surface area contributed by atoms with Gasteiger partial charge in [-0.05, 0) is 74.7 Å². The van der Waals surface area contributed by atoms with Gasteiger partial charge in [-0.1, -0.05) is 12.1 Å². The second-order valence-corrected chi connectivity index (χ2v) is 9.07. The Morgan fingerprint density at radius 2 is 1.81 bits per heavy atom. The predicted octanol–water partition coefficient (Wildman–Crippen LogP) is 3.96. The normalized spacial score (nSPS) is 11.7. The summed E-state index contributed by atoms with van der Waals surface area (Å²) in [6.45, 7) is 5.62. The predicted molar refractivity (Wildman–Crippen MR) is 142 cm³/mol. The largest absolute Gasteiger partial charge is 0.390 e. The van der Waals surface area contributed by atoms with Crippen LogP contribution in [0.2, 0.25) is 0 Å². The third kappa shape index (κ3) is 6.19. The fourth-order valence-corrected chi connectivity index (χ4v) is 3.57. The first-order valence-electron chi connectivity index (χ1n) is 11.5. The third-order valence-corrected chi connectivity index (χ3v) is 5.59. The molecule has 0 aliphatic rings. The fraction of sp³-hybridized carbons (Fsp3) is 0.222. The first kappa shape index (κ1) is 24.7. The molecule has 4 N–H and O–H groups in total. The van der Waals surface area contributed by atoms with Gasteiger partial charge in [-0.2, -0.15) is 0 Å². The lowest BCUT2D eigenvalue weighted by Crippen LogP contribution is -2.23. The lowest BCUT2D eigenvalue weighted by molar-refractivity contribution is 0.0748. The number of hydrogen-bond donors (Lipinski definition) is 4. The first-order valence-corrected chi connectivity index (χ1v) is 11.5. The average Bonchev–Trinajstić information content (AvgIpc) is 2.85. The van der Waals surface area contributed by atoms with Crippen molar-refractivity contribution in [3.8, 4) is 11.1 Å². The molecule has 0 atom stereocenters. The molecule has 36 heavy (non-hydrogen) atoms. The molecule has 0 aliphatic heterocycles. The minimum atomic E-state index is -0.825. The maximum absolute atomic E-state index is 12.6. The lowest BCUT2D eigenvalue weighted by Gasteiger charge is -2.18. The van der Waals surface area contributed by atoms with Gasteiger partial charge < -0.3 is 20.7 Å². The SMILES string of the molecule is Cc1nc2cc(NCCC(C)(C)O)c(N=CNC(=O)c3ccc(-c4ccncc4)cc3)cc2[nH]c1=O. The van der Waals surface area contributed by atoms with Crippen LogP contribution in [0.25, 0.3) is 22.2 Å². The van der Waals surface area contributed by atoms with E-state index in [-0.39, 0.29) is 11.5 Å². The van der Waals surface area contributed by atoms with E-state index in [0.29, 0.717) is 46.6 Å². The number of anilines is 1. The summed E-state index contributed by atoms with van der Waals surface area (Å²) in [6.07, 6.45) is 5.28. The van der Waals surface area contributed by atoms with Crippen molar-refractivity contribution in [2.75, 3.05) is 11.9 Å². The van der Waals surface area contributed by atoms with Crippen LogP contribution in [0.3, 0.4) is 0 Å². The summed E-state index contributed by atoms with van der Waals surface area (Å²) in [5, 5.41) is 16.0. The number of aliphatic imine (C=N–C) groups is 1. The van der Waals surface area contributed by atoms with E-state index >= 15 is 0 Å². The second kappa shape index (κ2) is 10.5. The third-order valence-electron chi connectivity index (χ3n) is 5.59. The van der Waals surface area contributed by atoms with Crippen LogP contribution < -0.4 is 16.2 Å². The molecule has 9 heteroatoms. The Bertz CT molecular complexity index is 1460. The maximum Gasteiger partial charge on any atom is 0.269 e. The molecule has 0 radical (unpaired) electrons. The van der Waals surface area contributed by atoms with Crippen LogP contribution in [0.15, 0.2) is 70.7 Å². The molecule has 0 fully saturated rings. The monoisotopic (exact) mass is 484 g/mol. The number of benzene rings is 2. The number of rotatable bonds is 8. The molecule has 0 saturated heterocycles. The summed E-state index contributed by atoms with van der Waals surface area (Å²) in [5.74, 6) is -0.303. The molecule has 4 aromatic rings. The van der Waals surface area contributed by atoms with Crippen LogP contribution >= 0.6 is 0 Å². The van der Waals surface area contributed by atoms with Gasteiger partial charge in [-0.15, -0.1) is 0 Å². The molecule has 0 bridgehead atoms. The number of amides is 1. The van der Waals surface area contributed by atoms with Crippen LogP contribution in [0.5, 0.6) is 0 Å². The number of aromatic nitrogens is 3. The van der Waals surface area contributed by atoms with Crippen LogP contribution in [-0.4, -0.2) is 44.4 Å². The van der Waals surface area contributed by atoms with Crippen LogP contribution in [0, 0.1) is 6.92 Å². The van der Waals surface area contributed by atoms with Crippen molar-refractivity contribution in [2.24, 2.45) is 4.99 Å². The highest BCUT2D eigenvalue weighted by Crippen LogP contribution is 2.29. The van der Waals surface area contributed by atoms with Gasteiger partial charge in [0.15, 0.2) is 0 Å².